The fourth-order valence-electron chi connectivity index (χ4n) is 2.28. The Hall–Kier alpha value is -0.450. The van der Waals surface area contributed by atoms with Gasteiger partial charge in [0.1, 0.15) is 5.01 Å². The highest BCUT2D eigenvalue weighted by atomic mass is 32.1. The number of hydrogen-bond acceptors (Lipinski definition) is 4. The molecule has 1 fully saturated rings. The maximum atomic E-state index is 5.90. The predicted molar refractivity (Wildman–Crippen MR) is 68.6 cm³/mol. The fourth-order valence-corrected chi connectivity index (χ4v) is 3.07. The Morgan fingerprint density at radius 1 is 1.44 bits per heavy atom. The topological polar surface area (TPSA) is 50.9 Å². The van der Waals surface area contributed by atoms with Gasteiger partial charge >= 0.3 is 0 Å². The van der Waals surface area contributed by atoms with Gasteiger partial charge in [-0.05, 0) is 39.5 Å². The second-order valence-corrected chi connectivity index (χ2v) is 6.08. The van der Waals surface area contributed by atoms with Crippen molar-refractivity contribution < 1.29 is 0 Å². The fraction of sp³-hybridized carbons (Fsp3) is 0.750. The van der Waals surface area contributed by atoms with Gasteiger partial charge < -0.3 is 11.1 Å². The summed E-state index contributed by atoms with van der Waals surface area (Å²) in [7, 11) is 0. The summed E-state index contributed by atoms with van der Waals surface area (Å²) in [6.45, 7) is 4.31. The van der Waals surface area contributed by atoms with Crippen LogP contribution in [0.15, 0.2) is 6.20 Å². The first-order chi connectivity index (χ1) is 7.65. The summed E-state index contributed by atoms with van der Waals surface area (Å²) in [6, 6.07) is 1.42. The van der Waals surface area contributed by atoms with Gasteiger partial charge in [0.15, 0.2) is 0 Å². The molecule has 0 radical (unpaired) electrons. The molecule has 1 aromatic rings. The molecule has 3 nitrogen and oxygen atoms in total. The summed E-state index contributed by atoms with van der Waals surface area (Å²) in [4.78, 5) is 5.71. The van der Waals surface area contributed by atoms with Crippen LogP contribution in [-0.2, 0) is 0 Å². The molecule has 3 N–H and O–H groups in total. The number of nitrogens with one attached hydrogen (secondary N) is 1. The summed E-state index contributed by atoms with van der Waals surface area (Å²) in [5.41, 5.74) is 5.90. The van der Waals surface area contributed by atoms with Crippen LogP contribution in [-0.4, -0.2) is 17.1 Å². The molecule has 90 valence electrons. The Labute approximate surface area is 101 Å². The van der Waals surface area contributed by atoms with Crippen molar-refractivity contribution in [1.29, 1.82) is 0 Å². The van der Waals surface area contributed by atoms with Gasteiger partial charge in [0.25, 0.3) is 0 Å². The molecule has 0 aliphatic heterocycles. The highest BCUT2D eigenvalue weighted by Crippen LogP contribution is 2.23. The van der Waals surface area contributed by atoms with E-state index >= 15 is 0 Å². The van der Waals surface area contributed by atoms with E-state index in [4.69, 9.17) is 5.73 Å². The van der Waals surface area contributed by atoms with Crippen molar-refractivity contribution in [1.82, 2.24) is 10.3 Å². The highest BCUT2D eigenvalue weighted by molar-refractivity contribution is 7.11. The zero-order valence-corrected chi connectivity index (χ0v) is 10.9. The number of nitrogens with two attached hydrogens (primary N) is 1. The average molecular weight is 239 g/mol. The lowest BCUT2D eigenvalue weighted by Crippen LogP contribution is -2.38. The molecule has 16 heavy (non-hydrogen) atoms. The van der Waals surface area contributed by atoms with E-state index in [2.05, 4.69) is 24.1 Å². The molecule has 1 aliphatic rings. The minimum absolute atomic E-state index is 0.373. The molecule has 2 rings (SSSR count). The van der Waals surface area contributed by atoms with Gasteiger partial charge in [-0.1, -0.05) is 0 Å². The van der Waals surface area contributed by atoms with Gasteiger partial charge in [-0.25, -0.2) is 4.98 Å². The Morgan fingerprint density at radius 2 is 2.12 bits per heavy atom. The Morgan fingerprint density at radius 3 is 2.69 bits per heavy atom. The molecule has 1 atom stereocenters. The van der Waals surface area contributed by atoms with E-state index < -0.39 is 0 Å². The van der Waals surface area contributed by atoms with E-state index in [0.717, 1.165) is 12.8 Å². The molecule has 0 amide bonds. The van der Waals surface area contributed by atoms with Gasteiger partial charge in [-0.2, -0.15) is 0 Å². The zero-order valence-electron chi connectivity index (χ0n) is 10.1. The summed E-state index contributed by atoms with van der Waals surface area (Å²) in [5, 5.41) is 4.86. The molecular formula is C12H21N3S. The molecule has 0 aromatic carbocycles. The zero-order chi connectivity index (χ0) is 11.5. The van der Waals surface area contributed by atoms with Gasteiger partial charge in [0.05, 0.1) is 6.04 Å². The monoisotopic (exact) mass is 239 g/mol. The van der Waals surface area contributed by atoms with Crippen LogP contribution in [0, 0.1) is 6.92 Å². The Balaban J connectivity index is 1.85. The number of thiazole rings is 1. The predicted octanol–water partition coefficient (Wildman–Crippen LogP) is 2.37. The number of aromatic nitrogens is 1. The van der Waals surface area contributed by atoms with Crippen LogP contribution in [0.25, 0.3) is 0 Å². The lowest BCUT2D eigenvalue weighted by atomic mass is 9.91. The molecule has 0 spiro atoms. The second kappa shape index (κ2) is 5.25. The molecular weight excluding hydrogens is 218 g/mol. The average Bonchev–Trinajstić information content (AvgIpc) is 2.68. The van der Waals surface area contributed by atoms with Crippen LogP contribution in [0.1, 0.15) is 48.5 Å². The maximum Gasteiger partial charge on any atom is 0.109 e. The number of rotatable bonds is 3. The Kier molecular flexibility index (Phi) is 3.95. The minimum atomic E-state index is 0.373. The quantitative estimate of drug-likeness (QED) is 0.851. The van der Waals surface area contributed by atoms with Gasteiger partial charge in [0.2, 0.25) is 0 Å². The third kappa shape index (κ3) is 3.03. The van der Waals surface area contributed by atoms with E-state index in [0.29, 0.717) is 18.1 Å². The molecule has 1 unspecified atom stereocenters. The largest absolute Gasteiger partial charge is 0.328 e. The van der Waals surface area contributed by atoms with Crippen molar-refractivity contribution in [2.75, 3.05) is 0 Å². The summed E-state index contributed by atoms with van der Waals surface area (Å²) in [5.74, 6) is 0. The van der Waals surface area contributed by atoms with E-state index in [-0.39, 0.29) is 0 Å². The van der Waals surface area contributed by atoms with Crippen molar-refractivity contribution in [2.45, 2.75) is 57.7 Å². The van der Waals surface area contributed by atoms with Crippen LogP contribution in [0.2, 0.25) is 0 Å². The van der Waals surface area contributed by atoms with Crippen molar-refractivity contribution in [3.05, 3.63) is 16.1 Å². The van der Waals surface area contributed by atoms with E-state index in [1.807, 2.05) is 6.20 Å². The van der Waals surface area contributed by atoms with Gasteiger partial charge in [-0.15, -0.1) is 11.3 Å². The summed E-state index contributed by atoms with van der Waals surface area (Å²) in [6.07, 6.45) is 6.67. The minimum Gasteiger partial charge on any atom is -0.328 e. The normalized spacial score (nSPS) is 27.9. The van der Waals surface area contributed by atoms with Crippen molar-refractivity contribution in [3.8, 4) is 0 Å². The SMILES string of the molecule is Cc1cnc(C(C)NC2CCC(N)CC2)s1. The van der Waals surface area contributed by atoms with Crippen LogP contribution < -0.4 is 11.1 Å². The molecule has 1 heterocycles. The summed E-state index contributed by atoms with van der Waals surface area (Å²) >= 11 is 1.79. The molecule has 1 aliphatic carbocycles. The first kappa shape index (κ1) is 12.0. The first-order valence-corrected chi connectivity index (χ1v) is 6.90. The van der Waals surface area contributed by atoms with Crippen LogP contribution >= 0.6 is 11.3 Å². The third-order valence-corrected chi connectivity index (χ3v) is 4.36. The second-order valence-electron chi connectivity index (χ2n) is 4.81. The van der Waals surface area contributed by atoms with Crippen LogP contribution in [0.3, 0.4) is 0 Å². The van der Waals surface area contributed by atoms with Crippen molar-refractivity contribution in [3.63, 3.8) is 0 Å². The molecule has 0 saturated heterocycles. The van der Waals surface area contributed by atoms with Gasteiger partial charge in [-0.3, -0.25) is 0 Å². The van der Waals surface area contributed by atoms with Crippen molar-refractivity contribution >= 4 is 11.3 Å². The smallest absolute Gasteiger partial charge is 0.109 e. The van der Waals surface area contributed by atoms with Gasteiger partial charge in [0, 0.05) is 23.2 Å². The highest BCUT2D eigenvalue weighted by Gasteiger charge is 2.21. The lowest BCUT2D eigenvalue weighted by Gasteiger charge is -2.28. The van der Waals surface area contributed by atoms with Crippen molar-refractivity contribution in [2.24, 2.45) is 5.73 Å². The number of hydrogen-bond donors (Lipinski definition) is 2. The first-order valence-electron chi connectivity index (χ1n) is 6.09. The maximum absolute atomic E-state index is 5.90. The van der Waals surface area contributed by atoms with Crippen LogP contribution in [0.5, 0.6) is 0 Å². The standard InChI is InChI=1S/C12H21N3S/c1-8-7-14-12(16-8)9(2)15-11-5-3-10(13)4-6-11/h7,9-11,15H,3-6,13H2,1-2H3. The molecule has 1 saturated carbocycles. The number of nitrogens with zero attached hydrogens (tertiary/aromatic N) is 1. The lowest BCUT2D eigenvalue weighted by molar-refractivity contribution is 0.322. The third-order valence-electron chi connectivity index (χ3n) is 3.27. The van der Waals surface area contributed by atoms with E-state index in [1.165, 1.54) is 22.7 Å². The van der Waals surface area contributed by atoms with Crippen LogP contribution in [0.4, 0.5) is 0 Å². The van der Waals surface area contributed by atoms with E-state index in [9.17, 15) is 0 Å². The molecule has 4 heteroatoms. The van der Waals surface area contributed by atoms with E-state index in [1.54, 1.807) is 11.3 Å². The molecule has 0 bridgehead atoms. The molecule has 1 aromatic heterocycles. The Bertz CT molecular complexity index is 329. The summed E-state index contributed by atoms with van der Waals surface area (Å²) < 4.78 is 0. The number of aryl methyl sites for hydroxylation is 1.